The number of aliphatic hydroxyl groups excluding tert-OH is 1. The first-order valence-electron chi connectivity index (χ1n) is 10.5. The van der Waals surface area contributed by atoms with Crippen LogP contribution < -0.4 is 0 Å². The van der Waals surface area contributed by atoms with Crippen molar-refractivity contribution in [1.82, 2.24) is 4.98 Å². The Bertz CT molecular complexity index is 766. The summed E-state index contributed by atoms with van der Waals surface area (Å²) in [5.41, 5.74) is 5.11. The second-order valence-corrected chi connectivity index (χ2v) is 9.68. The molecule has 4 aliphatic rings. The molecule has 1 aromatic rings. The van der Waals surface area contributed by atoms with E-state index in [1.54, 1.807) is 11.1 Å². The quantitative estimate of drug-likeness (QED) is 0.689. The van der Waals surface area contributed by atoms with Gasteiger partial charge in [-0.2, -0.15) is 0 Å². The van der Waals surface area contributed by atoms with Crippen LogP contribution in [0.4, 0.5) is 0 Å². The van der Waals surface area contributed by atoms with Crippen molar-refractivity contribution >= 4 is 5.57 Å². The highest BCUT2D eigenvalue weighted by molar-refractivity contribution is 5.72. The molecule has 2 heteroatoms. The van der Waals surface area contributed by atoms with Crippen molar-refractivity contribution < 1.29 is 5.11 Å². The predicted octanol–water partition coefficient (Wildman–Crippen LogP) is 5.40. The van der Waals surface area contributed by atoms with Crippen LogP contribution in [0.15, 0.2) is 42.3 Å². The minimum Gasteiger partial charge on any atom is -0.389 e. The lowest BCUT2D eigenvalue weighted by Crippen LogP contribution is -2.50. The molecule has 0 spiro atoms. The highest BCUT2D eigenvalue weighted by atomic mass is 16.3. The fourth-order valence-electron chi connectivity index (χ4n) is 7.25. The molecule has 2 saturated carbocycles. The number of hydrogen-bond donors (Lipinski definition) is 1. The lowest BCUT2D eigenvalue weighted by atomic mass is 9.46. The fourth-order valence-corrected chi connectivity index (χ4v) is 7.25. The maximum Gasteiger partial charge on any atom is 0.0724 e. The van der Waals surface area contributed by atoms with E-state index in [-0.39, 0.29) is 6.10 Å². The zero-order valence-electron chi connectivity index (χ0n) is 16.1. The number of hydrogen-bond acceptors (Lipinski definition) is 2. The largest absolute Gasteiger partial charge is 0.389 e. The van der Waals surface area contributed by atoms with Gasteiger partial charge in [0.2, 0.25) is 0 Å². The van der Waals surface area contributed by atoms with Crippen LogP contribution in [-0.4, -0.2) is 16.2 Å². The zero-order chi connectivity index (χ0) is 17.9. The van der Waals surface area contributed by atoms with Crippen LogP contribution in [-0.2, 0) is 0 Å². The Morgan fingerprint density at radius 2 is 1.92 bits per heavy atom. The van der Waals surface area contributed by atoms with Crippen molar-refractivity contribution in [3.8, 4) is 0 Å². The number of aromatic nitrogens is 1. The van der Waals surface area contributed by atoms with Gasteiger partial charge in [0.15, 0.2) is 0 Å². The Hall–Kier alpha value is -1.41. The highest BCUT2D eigenvalue weighted by Crippen LogP contribution is 2.66. The van der Waals surface area contributed by atoms with Crippen LogP contribution in [0.25, 0.3) is 5.57 Å². The molecule has 0 radical (unpaired) electrons. The first-order valence-corrected chi connectivity index (χ1v) is 10.5. The molecule has 5 rings (SSSR count). The molecule has 4 aliphatic carbocycles. The van der Waals surface area contributed by atoms with E-state index in [9.17, 15) is 5.11 Å². The van der Waals surface area contributed by atoms with Gasteiger partial charge in [-0.25, -0.2) is 0 Å². The van der Waals surface area contributed by atoms with Crippen molar-refractivity contribution in [2.75, 3.05) is 0 Å². The number of fused-ring (bicyclic) bond motifs is 5. The smallest absolute Gasteiger partial charge is 0.0724 e. The molecule has 6 atom stereocenters. The van der Waals surface area contributed by atoms with Crippen molar-refractivity contribution in [2.45, 2.75) is 64.9 Å². The molecule has 0 saturated heterocycles. The summed E-state index contributed by atoms with van der Waals surface area (Å²) in [4.78, 5) is 4.38. The Labute approximate surface area is 157 Å². The molecule has 2 nitrogen and oxygen atoms in total. The van der Waals surface area contributed by atoms with E-state index in [1.165, 1.54) is 44.1 Å². The van der Waals surface area contributed by atoms with Gasteiger partial charge in [0.1, 0.15) is 0 Å². The molecular formula is C24H31NO. The molecule has 0 bridgehead atoms. The summed E-state index contributed by atoms with van der Waals surface area (Å²) in [6, 6.07) is 4.31. The third-order valence-electron chi connectivity index (χ3n) is 8.64. The lowest BCUT2D eigenvalue weighted by Gasteiger charge is -2.58. The number of allylic oxidation sites excluding steroid dienone is 3. The van der Waals surface area contributed by atoms with E-state index in [0.717, 1.165) is 24.2 Å². The average Bonchev–Trinajstić information content (AvgIpc) is 3.00. The highest BCUT2D eigenvalue weighted by Gasteiger charge is 2.57. The number of aliphatic hydroxyl groups is 1. The standard InChI is InChI=1S/C24H31NO/c1-23-11-9-18(26)14-17(23)5-6-19-21-8-7-20(16-4-3-13-25-15-16)24(21,2)12-10-22(19)23/h3-4,7,13-15,18-19,21-22,26H,5-6,8-12H2,1-2H3/t18-,19+,21-,22-,23-,24+/m0/s1. The van der Waals surface area contributed by atoms with Crippen molar-refractivity contribution in [2.24, 2.45) is 28.6 Å². The Balaban J connectivity index is 1.47. The van der Waals surface area contributed by atoms with Gasteiger partial charge in [0, 0.05) is 12.4 Å². The van der Waals surface area contributed by atoms with Crippen LogP contribution in [0.1, 0.15) is 64.4 Å². The summed E-state index contributed by atoms with van der Waals surface area (Å²) >= 11 is 0. The molecule has 1 aromatic heterocycles. The van der Waals surface area contributed by atoms with E-state index >= 15 is 0 Å². The summed E-state index contributed by atoms with van der Waals surface area (Å²) in [6.07, 6.45) is 17.0. The second kappa shape index (κ2) is 5.79. The lowest BCUT2D eigenvalue weighted by molar-refractivity contribution is -0.0281. The van der Waals surface area contributed by atoms with Gasteiger partial charge in [0.05, 0.1) is 6.10 Å². The van der Waals surface area contributed by atoms with Crippen molar-refractivity contribution in [1.29, 1.82) is 0 Å². The van der Waals surface area contributed by atoms with Crippen LogP contribution in [0, 0.1) is 28.6 Å². The monoisotopic (exact) mass is 349 g/mol. The summed E-state index contributed by atoms with van der Waals surface area (Å²) in [5, 5.41) is 10.1. The minimum absolute atomic E-state index is 0.200. The molecule has 0 aromatic carbocycles. The van der Waals surface area contributed by atoms with Gasteiger partial charge in [-0.3, -0.25) is 4.98 Å². The molecule has 0 aliphatic heterocycles. The number of nitrogens with zero attached hydrogens (tertiary/aromatic N) is 1. The van der Waals surface area contributed by atoms with Crippen molar-refractivity contribution in [3.05, 3.63) is 47.8 Å². The number of pyridine rings is 1. The van der Waals surface area contributed by atoms with Crippen LogP contribution in [0.5, 0.6) is 0 Å². The van der Waals surface area contributed by atoms with Crippen molar-refractivity contribution in [3.63, 3.8) is 0 Å². The van der Waals surface area contributed by atoms with Gasteiger partial charge in [-0.1, -0.05) is 37.6 Å². The molecule has 1 N–H and O–H groups in total. The Kier molecular flexibility index (Phi) is 3.73. The normalized spacial score (nSPS) is 44.4. The molecule has 0 unspecified atom stereocenters. The Morgan fingerprint density at radius 3 is 2.73 bits per heavy atom. The van der Waals surface area contributed by atoms with Gasteiger partial charge in [-0.15, -0.1) is 0 Å². The molecule has 1 heterocycles. The molecule has 138 valence electrons. The first kappa shape index (κ1) is 16.7. The third-order valence-corrected chi connectivity index (χ3v) is 8.64. The summed E-state index contributed by atoms with van der Waals surface area (Å²) < 4.78 is 0. The van der Waals surface area contributed by atoms with Gasteiger partial charge in [0.25, 0.3) is 0 Å². The minimum atomic E-state index is -0.200. The second-order valence-electron chi connectivity index (χ2n) is 9.68. The van der Waals surface area contributed by atoms with Gasteiger partial charge >= 0.3 is 0 Å². The topological polar surface area (TPSA) is 33.1 Å². The van der Waals surface area contributed by atoms with Gasteiger partial charge < -0.3 is 5.11 Å². The first-order chi connectivity index (χ1) is 12.5. The molecule has 0 amide bonds. The van der Waals surface area contributed by atoms with Crippen LogP contribution >= 0.6 is 0 Å². The van der Waals surface area contributed by atoms with Crippen LogP contribution in [0.3, 0.4) is 0 Å². The predicted molar refractivity (Wildman–Crippen MR) is 105 cm³/mol. The fraction of sp³-hybridized carbons (Fsp3) is 0.625. The van der Waals surface area contributed by atoms with Crippen LogP contribution in [0.2, 0.25) is 0 Å². The SMILES string of the molecule is C[C@]12CC[C@H](O)C=C1CC[C@H]1[C@@H]2CC[C@]2(C)C(c3cccnc3)=CC[C@@H]12. The maximum atomic E-state index is 10.1. The molecular weight excluding hydrogens is 318 g/mol. The third kappa shape index (κ3) is 2.24. The number of rotatable bonds is 1. The van der Waals surface area contributed by atoms with E-state index in [4.69, 9.17) is 0 Å². The Morgan fingerprint density at radius 1 is 1.08 bits per heavy atom. The van der Waals surface area contributed by atoms with E-state index in [1.807, 2.05) is 6.20 Å². The van der Waals surface area contributed by atoms with E-state index in [0.29, 0.717) is 10.8 Å². The van der Waals surface area contributed by atoms with E-state index in [2.05, 4.69) is 49.3 Å². The molecule has 26 heavy (non-hydrogen) atoms. The van der Waals surface area contributed by atoms with E-state index < -0.39 is 0 Å². The zero-order valence-corrected chi connectivity index (χ0v) is 16.1. The maximum absolute atomic E-state index is 10.1. The summed E-state index contributed by atoms with van der Waals surface area (Å²) in [6.45, 7) is 5.03. The molecule has 2 fully saturated rings. The van der Waals surface area contributed by atoms with Gasteiger partial charge in [-0.05, 0) is 90.7 Å². The summed E-state index contributed by atoms with van der Waals surface area (Å²) in [5.74, 6) is 2.41. The average molecular weight is 350 g/mol. The summed E-state index contributed by atoms with van der Waals surface area (Å²) in [7, 11) is 0.